The van der Waals surface area contributed by atoms with Gasteiger partial charge in [0.1, 0.15) is 0 Å². The summed E-state index contributed by atoms with van der Waals surface area (Å²) in [5, 5.41) is 0. The van der Waals surface area contributed by atoms with Crippen molar-refractivity contribution in [2.45, 2.75) is 32.7 Å². The van der Waals surface area contributed by atoms with Crippen molar-refractivity contribution in [3.05, 3.63) is 65.5 Å². The second kappa shape index (κ2) is 6.30. The maximum atomic E-state index is 12.7. The Labute approximate surface area is 132 Å². The number of carbonyl (C=O) groups is 1. The van der Waals surface area contributed by atoms with Gasteiger partial charge in [0, 0.05) is 25.4 Å². The van der Waals surface area contributed by atoms with Gasteiger partial charge in [-0.25, -0.2) is 0 Å². The van der Waals surface area contributed by atoms with Crippen molar-refractivity contribution in [2.24, 2.45) is 5.92 Å². The summed E-state index contributed by atoms with van der Waals surface area (Å²) in [5.41, 5.74) is 3.66. The van der Waals surface area contributed by atoms with E-state index in [1.165, 1.54) is 11.1 Å². The van der Waals surface area contributed by atoms with Crippen LogP contribution < -0.4 is 0 Å². The van der Waals surface area contributed by atoms with Gasteiger partial charge in [-0.1, -0.05) is 44.2 Å². The van der Waals surface area contributed by atoms with Gasteiger partial charge in [0.05, 0.1) is 6.04 Å². The minimum Gasteiger partial charge on any atom is -0.331 e. The number of benzene rings is 1. The van der Waals surface area contributed by atoms with Crippen LogP contribution in [-0.4, -0.2) is 22.3 Å². The Kier molecular flexibility index (Phi) is 4.23. The van der Waals surface area contributed by atoms with Crippen molar-refractivity contribution >= 4 is 5.91 Å². The van der Waals surface area contributed by atoms with E-state index in [-0.39, 0.29) is 11.9 Å². The molecule has 0 spiro atoms. The Morgan fingerprint density at radius 2 is 2.09 bits per heavy atom. The average molecular weight is 294 g/mol. The summed E-state index contributed by atoms with van der Waals surface area (Å²) in [5.74, 6) is 0.609. The van der Waals surface area contributed by atoms with Gasteiger partial charge in [-0.05, 0) is 35.1 Å². The molecule has 3 nitrogen and oxygen atoms in total. The number of fused-ring (bicyclic) bond motifs is 1. The van der Waals surface area contributed by atoms with Crippen LogP contribution >= 0.6 is 0 Å². The lowest BCUT2D eigenvalue weighted by molar-refractivity contribution is -0.134. The van der Waals surface area contributed by atoms with E-state index in [0.29, 0.717) is 12.3 Å². The number of aromatic nitrogens is 1. The molecule has 0 radical (unpaired) electrons. The Morgan fingerprint density at radius 3 is 2.82 bits per heavy atom. The van der Waals surface area contributed by atoms with Crippen LogP contribution in [0.1, 0.15) is 43.0 Å². The maximum absolute atomic E-state index is 12.7. The van der Waals surface area contributed by atoms with Crippen molar-refractivity contribution in [1.82, 2.24) is 9.88 Å². The van der Waals surface area contributed by atoms with E-state index in [1.54, 1.807) is 6.20 Å². The van der Waals surface area contributed by atoms with Gasteiger partial charge in [-0.15, -0.1) is 0 Å². The molecule has 1 aliphatic rings. The van der Waals surface area contributed by atoms with Gasteiger partial charge < -0.3 is 4.90 Å². The summed E-state index contributed by atoms with van der Waals surface area (Å²) in [6, 6.07) is 12.4. The number of carbonyl (C=O) groups excluding carboxylic acids is 1. The van der Waals surface area contributed by atoms with Crippen LogP contribution in [0.25, 0.3) is 0 Å². The molecule has 3 rings (SSSR count). The second-order valence-corrected chi connectivity index (χ2v) is 6.32. The van der Waals surface area contributed by atoms with Crippen molar-refractivity contribution in [3.63, 3.8) is 0 Å². The van der Waals surface area contributed by atoms with E-state index >= 15 is 0 Å². The summed E-state index contributed by atoms with van der Waals surface area (Å²) in [7, 11) is 0. The molecule has 0 fully saturated rings. The summed E-state index contributed by atoms with van der Waals surface area (Å²) in [6.07, 6.45) is 5.18. The Hall–Kier alpha value is -2.16. The first-order valence-corrected chi connectivity index (χ1v) is 7.94. The molecular weight excluding hydrogens is 272 g/mol. The van der Waals surface area contributed by atoms with Gasteiger partial charge in [0.15, 0.2) is 0 Å². The third-order valence-corrected chi connectivity index (χ3v) is 4.19. The van der Waals surface area contributed by atoms with E-state index in [0.717, 1.165) is 18.5 Å². The highest BCUT2D eigenvalue weighted by Crippen LogP contribution is 2.35. The smallest absolute Gasteiger partial charge is 0.223 e. The van der Waals surface area contributed by atoms with Crippen molar-refractivity contribution in [3.8, 4) is 0 Å². The number of nitrogens with zero attached hydrogens (tertiary/aromatic N) is 2. The monoisotopic (exact) mass is 294 g/mol. The molecule has 2 aromatic rings. The van der Waals surface area contributed by atoms with Crippen LogP contribution in [0.4, 0.5) is 0 Å². The van der Waals surface area contributed by atoms with Crippen LogP contribution in [0, 0.1) is 5.92 Å². The Balaban J connectivity index is 2.02. The second-order valence-electron chi connectivity index (χ2n) is 6.32. The number of hydrogen-bond donors (Lipinski definition) is 0. The number of hydrogen-bond acceptors (Lipinski definition) is 2. The topological polar surface area (TPSA) is 33.2 Å². The summed E-state index contributed by atoms with van der Waals surface area (Å²) < 4.78 is 0. The number of pyridine rings is 1. The Bertz CT molecular complexity index is 651. The molecule has 1 aliphatic heterocycles. The highest BCUT2D eigenvalue weighted by Gasteiger charge is 2.31. The minimum absolute atomic E-state index is 0.00935. The normalized spacial score (nSPS) is 17.4. The van der Waals surface area contributed by atoms with Crippen LogP contribution in [0.2, 0.25) is 0 Å². The van der Waals surface area contributed by atoms with E-state index < -0.39 is 0 Å². The SMILES string of the molecule is CC(C)CC(=O)N1CCc2ccccc2C1c1cccnc1. The van der Waals surface area contributed by atoms with Crippen molar-refractivity contribution < 1.29 is 4.79 Å². The van der Waals surface area contributed by atoms with E-state index in [4.69, 9.17) is 0 Å². The molecule has 1 atom stereocenters. The largest absolute Gasteiger partial charge is 0.331 e. The molecule has 22 heavy (non-hydrogen) atoms. The van der Waals surface area contributed by atoms with E-state index in [9.17, 15) is 4.79 Å². The maximum Gasteiger partial charge on any atom is 0.223 e. The van der Waals surface area contributed by atoms with Gasteiger partial charge >= 0.3 is 0 Å². The third-order valence-electron chi connectivity index (χ3n) is 4.19. The Morgan fingerprint density at radius 1 is 1.27 bits per heavy atom. The van der Waals surface area contributed by atoms with Crippen LogP contribution in [0.5, 0.6) is 0 Å². The van der Waals surface area contributed by atoms with Crippen LogP contribution in [-0.2, 0) is 11.2 Å². The zero-order chi connectivity index (χ0) is 15.5. The fraction of sp³-hybridized carbons (Fsp3) is 0.368. The fourth-order valence-electron chi connectivity index (χ4n) is 3.20. The first-order chi connectivity index (χ1) is 10.7. The molecule has 1 aromatic carbocycles. The molecule has 0 bridgehead atoms. The lowest BCUT2D eigenvalue weighted by Crippen LogP contribution is -2.41. The first-order valence-electron chi connectivity index (χ1n) is 7.94. The molecule has 0 aliphatic carbocycles. The lowest BCUT2D eigenvalue weighted by Gasteiger charge is -2.38. The summed E-state index contributed by atoms with van der Waals surface area (Å²) in [6.45, 7) is 4.96. The fourth-order valence-corrected chi connectivity index (χ4v) is 3.20. The van der Waals surface area contributed by atoms with Crippen LogP contribution in [0.3, 0.4) is 0 Å². The molecule has 1 amide bonds. The quantitative estimate of drug-likeness (QED) is 0.866. The molecule has 3 heteroatoms. The lowest BCUT2D eigenvalue weighted by atomic mass is 9.88. The molecule has 1 unspecified atom stereocenters. The first kappa shape index (κ1) is 14.8. The molecule has 0 saturated carbocycles. The van der Waals surface area contributed by atoms with E-state index in [1.807, 2.05) is 17.2 Å². The third kappa shape index (κ3) is 2.89. The molecular formula is C19H22N2O. The van der Waals surface area contributed by atoms with E-state index in [2.05, 4.69) is 49.2 Å². The van der Waals surface area contributed by atoms with Gasteiger partial charge in [0.2, 0.25) is 5.91 Å². The number of rotatable bonds is 3. The molecule has 0 N–H and O–H groups in total. The minimum atomic E-state index is -0.00935. The molecule has 0 saturated heterocycles. The van der Waals surface area contributed by atoms with Gasteiger partial charge in [0.25, 0.3) is 0 Å². The van der Waals surface area contributed by atoms with Crippen molar-refractivity contribution in [1.29, 1.82) is 0 Å². The summed E-state index contributed by atoms with van der Waals surface area (Å²) in [4.78, 5) is 19.0. The van der Waals surface area contributed by atoms with Crippen LogP contribution in [0.15, 0.2) is 48.8 Å². The van der Waals surface area contributed by atoms with Gasteiger partial charge in [-0.3, -0.25) is 9.78 Å². The zero-order valence-corrected chi connectivity index (χ0v) is 13.2. The molecule has 1 aromatic heterocycles. The molecule has 2 heterocycles. The van der Waals surface area contributed by atoms with Crippen molar-refractivity contribution in [2.75, 3.05) is 6.54 Å². The number of amides is 1. The average Bonchev–Trinajstić information content (AvgIpc) is 2.54. The van der Waals surface area contributed by atoms with Gasteiger partial charge in [-0.2, -0.15) is 0 Å². The highest BCUT2D eigenvalue weighted by atomic mass is 16.2. The predicted molar refractivity (Wildman–Crippen MR) is 87.4 cm³/mol. The summed E-state index contributed by atoms with van der Waals surface area (Å²) >= 11 is 0. The standard InChI is InChI=1S/C19H22N2O/c1-14(2)12-18(22)21-11-9-15-6-3-4-8-17(15)19(21)16-7-5-10-20-13-16/h3-8,10,13-14,19H,9,11-12H2,1-2H3. The predicted octanol–water partition coefficient (Wildman–Crippen LogP) is 3.60. The molecule has 114 valence electrons. The highest BCUT2D eigenvalue weighted by molar-refractivity contribution is 5.78. The zero-order valence-electron chi connectivity index (χ0n) is 13.2.